The van der Waals surface area contributed by atoms with Gasteiger partial charge in [-0.1, -0.05) is 0 Å². The molecule has 0 aromatic carbocycles. The molecule has 6 nitrogen and oxygen atoms in total. The molecule has 0 atom stereocenters. The molecular formula is C6H6N4O2-2. The monoisotopic (exact) mass is 166 g/mol. The van der Waals surface area contributed by atoms with Gasteiger partial charge in [-0.25, -0.2) is 4.98 Å². The van der Waals surface area contributed by atoms with Gasteiger partial charge in [-0.15, -0.1) is 0 Å². The average Bonchev–Trinajstić information content (AvgIpc) is 2.31. The highest BCUT2D eigenvalue weighted by atomic mass is 16.3. The van der Waals surface area contributed by atoms with Crippen molar-refractivity contribution in [2.75, 3.05) is 0 Å². The molecule has 0 spiro atoms. The van der Waals surface area contributed by atoms with E-state index in [0.29, 0.717) is 5.82 Å². The Kier molecular flexibility index (Phi) is 1.82. The molecule has 0 aliphatic carbocycles. The zero-order chi connectivity index (χ0) is 9.30. The number of nitrogens with zero attached hydrogens (tertiary/aromatic N) is 1. The van der Waals surface area contributed by atoms with Crippen molar-refractivity contribution in [1.29, 1.82) is 10.8 Å². The van der Waals surface area contributed by atoms with Gasteiger partial charge in [0.2, 0.25) is 0 Å². The van der Waals surface area contributed by atoms with Crippen LogP contribution in [0.5, 0.6) is 0 Å². The summed E-state index contributed by atoms with van der Waals surface area (Å²) in [6.07, 6.45) is 0. The van der Waals surface area contributed by atoms with Crippen LogP contribution in [0.2, 0.25) is 0 Å². The number of nitrogens with one attached hydrogen (secondary N) is 3. The molecule has 0 fully saturated rings. The van der Waals surface area contributed by atoms with Gasteiger partial charge in [0.15, 0.2) is 0 Å². The molecule has 12 heavy (non-hydrogen) atoms. The molecule has 0 radical (unpaired) electrons. The molecule has 0 aliphatic heterocycles. The second kappa shape index (κ2) is 2.65. The van der Waals surface area contributed by atoms with Gasteiger partial charge in [0.05, 0.1) is 11.4 Å². The fourth-order valence-electron chi connectivity index (χ4n) is 0.820. The molecule has 0 saturated carbocycles. The van der Waals surface area contributed by atoms with Gasteiger partial charge < -0.3 is 26.0 Å². The zero-order valence-corrected chi connectivity index (χ0v) is 6.26. The van der Waals surface area contributed by atoms with Crippen LogP contribution >= 0.6 is 0 Å². The Morgan fingerprint density at radius 3 is 2.25 bits per heavy atom. The summed E-state index contributed by atoms with van der Waals surface area (Å²) >= 11 is 0. The van der Waals surface area contributed by atoms with E-state index < -0.39 is 11.8 Å². The second-order valence-corrected chi connectivity index (χ2v) is 2.20. The summed E-state index contributed by atoms with van der Waals surface area (Å²) in [6, 6.07) is 0. The molecule has 64 valence electrons. The summed E-state index contributed by atoms with van der Waals surface area (Å²) in [7, 11) is 0. The SMILES string of the molecule is Cc1nc(C(=N)[O-])c(C(=N)[O-])[nH]1. The minimum Gasteiger partial charge on any atom is -0.858 e. The fraction of sp³-hybridized carbons (Fsp3) is 0.167. The Labute approximate surface area is 67.9 Å². The molecular weight excluding hydrogens is 160 g/mol. The van der Waals surface area contributed by atoms with Gasteiger partial charge in [0.25, 0.3) is 0 Å². The van der Waals surface area contributed by atoms with Crippen molar-refractivity contribution in [2.24, 2.45) is 0 Å². The summed E-state index contributed by atoms with van der Waals surface area (Å²) in [5.74, 6) is -1.75. The first kappa shape index (κ1) is 8.25. The Hall–Kier alpha value is -1.85. The Bertz CT molecular complexity index is 310. The summed E-state index contributed by atoms with van der Waals surface area (Å²) in [6.45, 7) is 1.54. The number of hydrogen-bond acceptors (Lipinski definition) is 5. The lowest BCUT2D eigenvalue weighted by atomic mass is 10.3. The maximum absolute atomic E-state index is 10.5. The van der Waals surface area contributed by atoms with E-state index in [1.54, 1.807) is 6.92 Å². The van der Waals surface area contributed by atoms with Crippen LogP contribution in [-0.2, 0) is 0 Å². The minimum absolute atomic E-state index is 0.215. The molecule has 0 saturated heterocycles. The molecule has 1 rings (SSSR count). The van der Waals surface area contributed by atoms with Crippen LogP contribution in [0, 0.1) is 17.7 Å². The molecule has 1 heterocycles. The molecule has 0 amide bonds. The van der Waals surface area contributed by atoms with Gasteiger partial charge in [0.1, 0.15) is 5.82 Å². The van der Waals surface area contributed by atoms with E-state index in [1.807, 2.05) is 0 Å². The van der Waals surface area contributed by atoms with Gasteiger partial charge in [-0.3, -0.25) is 0 Å². The molecule has 1 aromatic heterocycles. The standard InChI is InChI=1S/C6H8N4O2/c1-2-9-3(5(7)11)4(10-2)6(8)12/h1H3,(H2,7,11)(H2,8,12)(H,9,10)/p-2. The van der Waals surface area contributed by atoms with E-state index in [-0.39, 0.29) is 11.4 Å². The van der Waals surface area contributed by atoms with Gasteiger partial charge in [-0.2, -0.15) is 0 Å². The van der Waals surface area contributed by atoms with Crippen molar-refractivity contribution in [3.8, 4) is 0 Å². The van der Waals surface area contributed by atoms with Crippen LogP contribution in [0.4, 0.5) is 0 Å². The number of aryl methyl sites for hydroxylation is 1. The van der Waals surface area contributed by atoms with Crippen molar-refractivity contribution < 1.29 is 10.2 Å². The van der Waals surface area contributed by atoms with Gasteiger partial charge in [0, 0.05) is 11.8 Å². The third-order valence-electron chi connectivity index (χ3n) is 1.26. The highest BCUT2D eigenvalue weighted by molar-refractivity contribution is 5.99. The number of rotatable bonds is 2. The summed E-state index contributed by atoms with van der Waals surface area (Å²) in [4.78, 5) is 6.03. The van der Waals surface area contributed by atoms with Gasteiger partial charge >= 0.3 is 0 Å². The van der Waals surface area contributed by atoms with Crippen LogP contribution in [0.15, 0.2) is 0 Å². The number of imidazole rings is 1. The average molecular weight is 166 g/mol. The Morgan fingerprint density at radius 1 is 1.33 bits per heavy atom. The second-order valence-electron chi connectivity index (χ2n) is 2.20. The fourth-order valence-corrected chi connectivity index (χ4v) is 0.820. The van der Waals surface area contributed by atoms with Crippen molar-refractivity contribution in [1.82, 2.24) is 9.97 Å². The van der Waals surface area contributed by atoms with E-state index in [9.17, 15) is 10.2 Å². The Balaban J connectivity index is 3.26. The molecule has 0 aliphatic rings. The molecule has 0 unspecified atom stereocenters. The largest absolute Gasteiger partial charge is 0.858 e. The first-order valence-electron chi connectivity index (χ1n) is 3.11. The van der Waals surface area contributed by atoms with Crippen LogP contribution < -0.4 is 10.2 Å². The maximum atomic E-state index is 10.5. The minimum atomic E-state index is -1.06. The predicted molar refractivity (Wildman–Crippen MR) is 37.0 cm³/mol. The molecule has 6 heteroatoms. The lowest BCUT2D eigenvalue weighted by molar-refractivity contribution is -0.218. The van der Waals surface area contributed by atoms with Crippen molar-refractivity contribution in [3.63, 3.8) is 0 Å². The lowest BCUT2D eigenvalue weighted by Crippen LogP contribution is -2.25. The third-order valence-corrected chi connectivity index (χ3v) is 1.26. The van der Waals surface area contributed by atoms with Crippen LogP contribution in [-0.4, -0.2) is 21.8 Å². The highest BCUT2D eigenvalue weighted by Crippen LogP contribution is 2.03. The number of H-pyrrole nitrogens is 1. The number of aromatic amines is 1. The first-order valence-corrected chi connectivity index (χ1v) is 3.11. The van der Waals surface area contributed by atoms with Crippen molar-refractivity contribution in [3.05, 3.63) is 17.2 Å². The predicted octanol–water partition coefficient (Wildman–Crippen LogP) is -1.91. The molecule has 1 aromatic rings. The van der Waals surface area contributed by atoms with Crippen LogP contribution in [0.3, 0.4) is 0 Å². The van der Waals surface area contributed by atoms with Crippen molar-refractivity contribution >= 4 is 11.8 Å². The van der Waals surface area contributed by atoms with E-state index in [1.165, 1.54) is 0 Å². The summed E-state index contributed by atoms with van der Waals surface area (Å²) < 4.78 is 0. The number of hydrogen-bond donors (Lipinski definition) is 3. The highest BCUT2D eigenvalue weighted by Gasteiger charge is 2.05. The quantitative estimate of drug-likeness (QED) is 0.351. The van der Waals surface area contributed by atoms with Crippen LogP contribution in [0.25, 0.3) is 0 Å². The normalized spacial score (nSPS) is 9.75. The molecule has 0 bridgehead atoms. The van der Waals surface area contributed by atoms with E-state index in [2.05, 4.69) is 9.97 Å². The molecule has 3 N–H and O–H groups in total. The van der Waals surface area contributed by atoms with Crippen molar-refractivity contribution in [2.45, 2.75) is 6.92 Å². The smallest absolute Gasteiger partial charge is 0.104 e. The van der Waals surface area contributed by atoms with E-state index >= 15 is 0 Å². The zero-order valence-electron chi connectivity index (χ0n) is 6.26. The Morgan fingerprint density at radius 2 is 1.92 bits per heavy atom. The summed E-state index contributed by atoms with van der Waals surface area (Å²) in [5, 5.41) is 34.5. The van der Waals surface area contributed by atoms with Gasteiger partial charge in [-0.05, 0) is 6.92 Å². The van der Waals surface area contributed by atoms with Crippen LogP contribution in [0.1, 0.15) is 17.2 Å². The maximum Gasteiger partial charge on any atom is 0.104 e. The summed E-state index contributed by atoms with van der Waals surface area (Å²) in [5.41, 5.74) is -0.500. The number of aromatic nitrogens is 2. The topological polar surface area (TPSA) is 122 Å². The lowest BCUT2D eigenvalue weighted by Gasteiger charge is -2.09. The third kappa shape index (κ3) is 1.26. The van der Waals surface area contributed by atoms with E-state index in [0.717, 1.165) is 0 Å². The van der Waals surface area contributed by atoms with E-state index in [4.69, 9.17) is 10.8 Å². The first-order chi connectivity index (χ1) is 5.52.